The standard InChI is InChI=1S/C21H26N4O3S3/c1-6-14-9-15(20(27)28-5)19(31-14)22-17(26)11-30-21-24-23-18(25(21)7-2)13-8-16(12(3)4)29-10-13/h8-10,12H,6-7,11H2,1-5H3,(H,22,26). The molecule has 0 spiro atoms. The minimum atomic E-state index is -0.453. The van der Waals surface area contributed by atoms with Gasteiger partial charge < -0.3 is 14.6 Å². The molecule has 0 saturated carbocycles. The Kier molecular flexibility index (Phi) is 7.90. The molecule has 3 rings (SSSR count). The van der Waals surface area contributed by atoms with Crippen molar-refractivity contribution in [1.82, 2.24) is 14.8 Å². The van der Waals surface area contributed by atoms with Gasteiger partial charge in [0.15, 0.2) is 11.0 Å². The van der Waals surface area contributed by atoms with Gasteiger partial charge in [0.25, 0.3) is 0 Å². The summed E-state index contributed by atoms with van der Waals surface area (Å²) in [5, 5.41) is 14.8. The van der Waals surface area contributed by atoms with Crippen LogP contribution in [0.1, 0.15) is 53.7 Å². The number of hydrogen-bond acceptors (Lipinski definition) is 8. The zero-order valence-electron chi connectivity index (χ0n) is 18.2. The second kappa shape index (κ2) is 10.4. The third kappa shape index (κ3) is 5.36. The molecule has 0 bridgehead atoms. The Morgan fingerprint density at radius 1 is 1.26 bits per heavy atom. The van der Waals surface area contributed by atoms with Gasteiger partial charge in [0, 0.05) is 27.2 Å². The van der Waals surface area contributed by atoms with Crippen molar-refractivity contribution in [3.63, 3.8) is 0 Å². The number of thioether (sulfide) groups is 1. The summed E-state index contributed by atoms with van der Waals surface area (Å²) in [6, 6.07) is 3.93. The van der Waals surface area contributed by atoms with Crippen LogP contribution in [0.4, 0.5) is 5.00 Å². The van der Waals surface area contributed by atoms with E-state index in [1.165, 1.54) is 35.1 Å². The van der Waals surface area contributed by atoms with Crippen molar-refractivity contribution in [3.8, 4) is 11.4 Å². The molecule has 0 saturated heterocycles. The number of aryl methyl sites for hydroxylation is 1. The van der Waals surface area contributed by atoms with Gasteiger partial charge in [0.2, 0.25) is 5.91 Å². The average Bonchev–Trinajstić information content (AvgIpc) is 3.48. The van der Waals surface area contributed by atoms with Gasteiger partial charge in [0.1, 0.15) is 5.00 Å². The third-order valence-electron chi connectivity index (χ3n) is 4.60. The lowest BCUT2D eigenvalue weighted by Crippen LogP contribution is -2.16. The average molecular weight is 479 g/mol. The molecule has 3 heterocycles. The van der Waals surface area contributed by atoms with Gasteiger partial charge in [-0.05, 0) is 31.4 Å². The Morgan fingerprint density at radius 2 is 2.03 bits per heavy atom. The summed E-state index contributed by atoms with van der Waals surface area (Å²) in [4.78, 5) is 26.9. The van der Waals surface area contributed by atoms with Gasteiger partial charge in [-0.2, -0.15) is 0 Å². The van der Waals surface area contributed by atoms with Crippen molar-refractivity contribution in [3.05, 3.63) is 32.8 Å². The number of carbonyl (C=O) groups is 2. The van der Waals surface area contributed by atoms with E-state index < -0.39 is 5.97 Å². The maximum atomic E-state index is 12.6. The fourth-order valence-corrected chi connectivity index (χ4v) is 5.64. The summed E-state index contributed by atoms with van der Waals surface area (Å²) in [6.45, 7) is 9.08. The van der Waals surface area contributed by atoms with E-state index in [1.54, 1.807) is 17.4 Å². The number of esters is 1. The van der Waals surface area contributed by atoms with Crippen LogP contribution in [0.15, 0.2) is 22.7 Å². The minimum Gasteiger partial charge on any atom is -0.465 e. The highest BCUT2D eigenvalue weighted by molar-refractivity contribution is 7.99. The maximum absolute atomic E-state index is 12.6. The lowest BCUT2D eigenvalue weighted by atomic mass is 10.1. The number of hydrogen-bond donors (Lipinski definition) is 1. The van der Waals surface area contributed by atoms with Crippen molar-refractivity contribution in [2.75, 3.05) is 18.2 Å². The van der Waals surface area contributed by atoms with E-state index in [0.29, 0.717) is 28.2 Å². The molecule has 10 heteroatoms. The summed E-state index contributed by atoms with van der Waals surface area (Å²) < 4.78 is 6.85. The first-order valence-electron chi connectivity index (χ1n) is 10.0. The highest BCUT2D eigenvalue weighted by atomic mass is 32.2. The molecule has 0 aliphatic heterocycles. The van der Waals surface area contributed by atoms with Crippen LogP contribution in [0.2, 0.25) is 0 Å². The highest BCUT2D eigenvalue weighted by Crippen LogP contribution is 2.32. The zero-order chi connectivity index (χ0) is 22.5. The molecule has 166 valence electrons. The number of amides is 1. The van der Waals surface area contributed by atoms with Crippen molar-refractivity contribution in [2.24, 2.45) is 0 Å². The monoisotopic (exact) mass is 478 g/mol. The number of thiophene rings is 2. The summed E-state index contributed by atoms with van der Waals surface area (Å²) >= 11 is 4.44. The molecule has 1 amide bonds. The van der Waals surface area contributed by atoms with Crippen molar-refractivity contribution in [1.29, 1.82) is 0 Å². The SMILES string of the molecule is CCc1cc(C(=O)OC)c(NC(=O)CSc2nnc(-c3csc(C(C)C)c3)n2CC)s1. The quantitative estimate of drug-likeness (QED) is 0.332. The fraction of sp³-hybridized carbons (Fsp3) is 0.429. The summed E-state index contributed by atoms with van der Waals surface area (Å²) in [6.07, 6.45) is 0.781. The number of nitrogens with one attached hydrogen (secondary N) is 1. The van der Waals surface area contributed by atoms with Gasteiger partial charge in [-0.25, -0.2) is 4.79 Å². The first kappa shape index (κ1) is 23.5. The summed E-state index contributed by atoms with van der Waals surface area (Å²) in [5.74, 6) is 0.788. The van der Waals surface area contributed by atoms with Crippen LogP contribution < -0.4 is 5.32 Å². The molecule has 31 heavy (non-hydrogen) atoms. The zero-order valence-corrected chi connectivity index (χ0v) is 20.7. The van der Waals surface area contributed by atoms with Gasteiger partial charge >= 0.3 is 5.97 Å². The Bertz CT molecular complexity index is 1070. The number of methoxy groups -OCH3 is 1. The van der Waals surface area contributed by atoms with Crippen LogP contribution in [0, 0.1) is 0 Å². The lowest BCUT2D eigenvalue weighted by molar-refractivity contribution is -0.113. The molecular weight excluding hydrogens is 452 g/mol. The predicted octanol–water partition coefficient (Wildman–Crippen LogP) is 5.29. The van der Waals surface area contributed by atoms with Gasteiger partial charge in [-0.1, -0.05) is 32.5 Å². The Labute approximate surface area is 194 Å². The molecule has 0 unspecified atom stereocenters. The van der Waals surface area contributed by atoms with Gasteiger partial charge in [-0.3, -0.25) is 4.79 Å². The Morgan fingerprint density at radius 3 is 2.65 bits per heavy atom. The maximum Gasteiger partial charge on any atom is 0.340 e. The molecule has 7 nitrogen and oxygen atoms in total. The van der Waals surface area contributed by atoms with Crippen molar-refractivity contribution in [2.45, 2.75) is 51.7 Å². The van der Waals surface area contributed by atoms with E-state index in [-0.39, 0.29) is 11.7 Å². The molecule has 3 aromatic rings. The van der Waals surface area contributed by atoms with Crippen molar-refractivity contribution >= 4 is 51.3 Å². The smallest absolute Gasteiger partial charge is 0.340 e. The van der Waals surface area contributed by atoms with E-state index in [0.717, 1.165) is 22.7 Å². The van der Waals surface area contributed by atoms with Crippen LogP contribution in [0.3, 0.4) is 0 Å². The minimum absolute atomic E-state index is 0.166. The van der Waals surface area contributed by atoms with Crippen LogP contribution in [-0.4, -0.2) is 39.5 Å². The van der Waals surface area contributed by atoms with Gasteiger partial charge in [-0.15, -0.1) is 32.9 Å². The molecule has 0 radical (unpaired) electrons. The van der Waals surface area contributed by atoms with E-state index in [4.69, 9.17) is 4.74 Å². The second-order valence-corrected chi connectivity index (χ2v) is 10.1. The van der Waals surface area contributed by atoms with E-state index in [2.05, 4.69) is 40.8 Å². The molecule has 0 aromatic carbocycles. The van der Waals surface area contributed by atoms with Crippen LogP contribution in [-0.2, 0) is 22.5 Å². The molecular formula is C21H26N4O3S3. The topological polar surface area (TPSA) is 86.1 Å². The largest absolute Gasteiger partial charge is 0.465 e. The van der Waals surface area contributed by atoms with Crippen LogP contribution in [0.5, 0.6) is 0 Å². The molecule has 3 aromatic heterocycles. The second-order valence-electron chi connectivity index (χ2n) is 7.08. The molecule has 0 aliphatic carbocycles. The lowest BCUT2D eigenvalue weighted by Gasteiger charge is -2.07. The highest BCUT2D eigenvalue weighted by Gasteiger charge is 2.20. The number of anilines is 1. The summed E-state index contributed by atoms with van der Waals surface area (Å²) in [7, 11) is 1.33. The number of nitrogens with zero attached hydrogens (tertiary/aromatic N) is 3. The van der Waals surface area contributed by atoms with Crippen LogP contribution >= 0.6 is 34.4 Å². The third-order valence-corrected chi connectivity index (χ3v) is 8.00. The van der Waals surface area contributed by atoms with E-state index in [1.807, 2.05) is 18.4 Å². The number of ether oxygens (including phenoxy) is 1. The fourth-order valence-electron chi connectivity index (χ4n) is 2.93. The molecule has 0 atom stereocenters. The first-order chi connectivity index (χ1) is 14.9. The Hall–Kier alpha value is -2.17. The first-order valence-corrected chi connectivity index (χ1v) is 12.7. The van der Waals surface area contributed by atoms with Crippen molar-refractivity contribution < 1.29 is 14.3 Å². The molecule has 1 N–H and O–H groups in total. The normalized spacial score (nSPS) is 11.2. The van der Waals surface area contributed by atoms with E-state index in [9.17, 15) is 9.59 Å². The number of rotatable bonds is 9. The summed E-state index contributed by atoms with van der Waals surface area (Å²) in [5.41, 5.74) is 1.44. The number of aromatic nitrogens is 3. The van der Waals surface area contributed by atoms with Gasteiger partial charge in [0.05, 0.1) is 18.4 Å². The van der Waals surface area contributed by atoms with Crippen LogP contribution in [0.25, 0.3) is 11.4 Å². The molecule has 0 fully saturated rings. The van der Waals surface area contributed by atoms with E-state index >= 15 is 0 Å². The number of carbonyl (C=O) groups excluding carboxylic acids is 2. The molecule has 0 aliphatic rings. The Balaban J connectivity index is 1.70. The predicted molar refractivity (Wildman–Crippen MR) is 127 cm³/mol.